The number of imidazole rings is 1. The third kappa shape index (κ3) is 2.94. The molecule has 1 aromatic heterocycles. The number of benzene rings is 1. The number of hydrogen-bond donors (Lipinski definition) is 3. The van der Waals surface area contributed by atoms with Crippen molar-refractivity contribution in [2.45, 2.75) is 26.2 Å². The van der Waals surface area contributed by atoms with Crippen molar-refractivity contribution in [1.29, 1.82) is 0 Å². The summed E-state index contributed by atoms with van der Waals surface area (Å²) in [5.74, 6) is -0.899. The van der Waals surface area contributed by atoms with Gasteiger partial charge in [-0.05, 0) is 22.4 Å². The fourth-order valence-electron chi connectivity index (χ4n) is 2.71. The first kappa shape index (κ1) is 16.7. The molecule has 1 heterocycles. The van der Waals surface area contributed by atoms with Crippen LogP contribution in [0.1, 0.15) is 35.1 Å². The summed E-state index contributed by atoms with van der Waals surface area (Å²) in [6.45, 7) is 3.61. The second kappa shape index (κ2) is 6.20. The maximum Gasteiger partial charge on any atom is 0.304 e. The molecule has 2 aromatic rings. The van der Waals surface area contributed by atoms with Crippen LogP contribution >= 0.6 is 0 Å². The van der Waals surface area contributed by atoms with Gasteiger partial charge in [0, 0.05) is 13.8 Å². The number of aromatic nitrogens is 2. The number of carboxylic acid groups (broad SMARTS) is 1. The zero-order chi connectivity index (χ0) is 17.3. The smallest absolute Gasteiger partial charge is 0.304 e. The monoisotopic (exact) mass is 321 g/mol. The minimum absolute atomic E-state index is 0.0264. The van der Waals surface area contributed by atoms with Crippen LogP contribution in [0.5, 0.6) is 11.5 Å². The van der Waals surface area contributed by atoms with Gasteiger partial charge in [-0.15, -0.1) is 0 Å². The van der Waals surface area contributed by atoms with Crippen molar-refractivity contribution in [3.8, 4) is 11.5 Å². The number of carboxylic acids is 1. The van der Waals surface area contributed by atoms with Crippen LogP contribution in [0.3, 0.4) is 0 Å². The Morgan fingerprint density at radius 3 is 2.52 bits per heavy atom. The van der Waals surface area contributed by atoms with E-state index in [4.69, 9.17) is 4.74 Å². The van der Waals surface area contributed by atoms with E-state index < -0.39 is 11.9 Å². The van der Waals surface area contributed by atoms with E-state index in [1.54, 1.807) is 30.7 Å². The largest absolute Gasteiger partial charge is 0.504 e. The van der Waals surface area contributed by atoms with Gasteiger partial charge in [-0.1, -0.05) is 6.07 Å². The molecule has 0 unspecified atom stereocenters. The SMILES string of the molecule is COc1cc([C@H](CC(=O)O)c2n(O)c(C)c(C)[n+]2C)ccc1O. The molecule has 3 N–H and O–H groups in total. The Labute approximate surface area is 134 Å². The summed E-state index contributed by atoms with van der Waals surface area (Å²) in [5, 5.41) is 29.3. The van der Waals surface area contributed by atoms with Crippen LogP contribution in [0.25, 0.3) is 0 Å². The molecule has 0 saturated heterocycles. The van der Waals surface area contributed by atoms with Crippen LogP contribution in [0.2, 0.25) is 0 Å². The molecular weight excluding hydrogens is 300 g/mol. The quantitative estimate of drug-likeness (QED) is 0.573. The lowest BCUT2D eigenvalue weighted by molar-refractivity contribution is -0.686. The molecular formula is C16H21N2O5+. The minimum Gasteiger partial charge on any atom is -0.504 e. The van der Waals surface area contributed by atoms with Crippen molar-refractivity contribution < 1.29 is 29.5 Å². The fraction of sp³-hybridized carbons (Fsp3) is 0.375. The normalized spacial score (nSPS) is 12.2. The molecule has 0 radical (unpaired) electrons. The lowest BCUT2D eigenvalue weighted by atomic mass is 9.94. The standard InChI is InChI=1S/C16H20N2O5/c1-9-10(2)18(22)16(17(9)3)12(8-15(20)21)11-5-6-13(19)14(7-11)23-4/h5-7,12H,8H2,1-4H3,(H2-,19,20,21,22)/p+1/t12-/m0/s1. The fourth-order valence-corrected chi connectivity index (χ4v) is 2.71. The summed E-state index contributed by atoms with van der Waals surface area (Å²) in [4.78, 5) is 11.3. The van der Waals surface area contributed by atoms with Crippen LogP contribution < -0.4 is 9.30 Å². The molecule has 23 heavy (non-hydrogen) atoms. The van der Waals surface area contributed by atoms with Crippen molar-refractivity contribution in [2.24, 2.45) is 7.05 Å². The number of ether oxygens (including phenoxy) is 1. The highest BCUT2D eigenvalue weighted by Gasteiger charge is 2.34. The summed E-state index contributed by atoms with van der Waals surface area (Å²) >= 11 is 0. The molecule has 0 bridgehead atoms. The van der Waals surface area contributed by atoms with E-state index in [9.17, 15) is 20.2 Å². The van der Waals surface area contributed by atoms with Crippen LogP contribution in [0, 0.1) is 13.8 Å². The van der Waals surface area contributed by atoms with Crippen molar-refractivity contribution in [3.05, 3.63) is 41.0 Å². The number of rotatable bonds is 5. The third-order valence-corrected chi connectivity index (χ3v) is 4.20. The average Bonchev–Trinajstić information content (AvgIpc) is 2.69. The second-order valence-corrected chi connectivity index (χ2v) is 5.48. The van der Waals surface area contributed by atoms with Gasteiger partial charge >= 0.3 is 11.8 Å². The summed E-state index contributed by atoms with van der Waals surface area (Å²) in [6.07, 6.45) is -0.203. The van der Waals surface area contributed by atoms with Crippen molar-refractivity contribution in [3.63, 3.8) is 0 Å². The predicted molar refractivity (Wildman–Crippen MR) is 81.0 cm³/mol. The number of aromatic hydroxyl groups is 1. The highest BCUT2D eigenvalue weighted by Crippen LogP contribution is 2.34. The highest BCUT2D eigenvalue weighted by atomic mass is 16.5. The molecule has 0 fully saturated rings. The zero-order valence-corrected chi connectivity index (χ0v) is 13.6. The predicted octanol–water partition coefficient (Wildman–Crippen LogP) is 1.49. The number of carbonyl (C=O) groups is 1. The van der Waals surface area contributed by atoms with E-state index in [0.29, 0.717) is 17.1 Å². The average molecular weight is 321 g/mol. The first-order chi connectivity index (χ1) is 10.8. The maximum absolute atomic E-state index is 11.3. The molecule has 124 valence electrons. The second-order valence-electron chi connectivity index (χ2n) is 5.48. The van der Waals surface area contributed by atoms with E-state index in [1.165, 1.54) is 13.2 Å². The first-order valence-corrected chi connectivity index (χ1v) is 7.13. The van der Waals surface area contributed by atoms with Gasteiger partial charge in [0.05, 0.1) is 26.5 Å². The van der Waals surface area contributed by atoms with Gasteiger partial charge in [0.1, 0.15) is 5.69 Å². The van der Waals surface area contributed by atoms with Gasteiger partial charge in [0.25, 0.3) is 0 Å². The topological polar surface area (TPSA) is 95.8 Å². The molecule has 0 saturated carbocycles. The van der Waals surface area contributed by atoms with Crippen LogP contribution in [0.4, 0.5) is 0 Å². The Balaban J connectivity index is 2.63. The van der Waals surface area contributed by atoms with Crippen molar-refractivity contribution in [1.82, 2.24) is 4.73 Å². The molecule has 0 aliphatic rings. The van der Waals surface area contributed by atoms with Gasteiger partial charge < -0.3 is 20.2 Å². The molecule has 7 nitrogen and oxygen atoms in total. The van der Waals surface area contributed by atoms with Gasteiger partial charge in [-0.3, -0.25) is 4.79 Å². The molecule has 1 atom stereocenters. The Bertz CT molecular complexity index is 726. The van der Waals surface area contributed by atoms with Crippen LogP contribution in [-0.4, -0.2) is 33.2 Å². The minimum atomic E-state index is -0.987. The van der Waals surface area contributed by atoms with E-state index in [2.05, 4.69) is 0 Å². The van der Waals surface area contributed by atoms with Crippen molar-refractivity contribution >= 4 is 5.97 Å². The highest BCUT2D eigenvalue weighted by molar-refractivity contribution is 5.68. The van der Waals surface area contributed by atoms with Gasteiger partial charge in [0.2, 0.25) is 0 Å². The lowest BCUT2D eigenvalue weighted by Crippen LogP contribution is -2.37. The van der Waals surface area contributed by atoms with Gasteiger partial charge in [-0.25, -0.2) is 4.57 Å². The summed E-state index contributed by atoms with van der Waals surface area (Å²) in [5.41, 5.74) is 2.11. The van der Waals surface area contributed by atoms with E-state index in [-0.39, 0.29) is 17.9 Å². The molecule has 0 spiro atoms. The maximum atomic E-state index is 11.3. The Hall–Kier alpha value is -2.70. The molecule has 0 aliphatic heterocycles. The van der Waals surface area contributed by atoms with E-state index >= 15 is 0 Å². The molecule has 0 aliphatic carbocycles. The third-order valence-electron chi connectivity index (χ3n) is 4.20. The summed E-state index contributed by atoms with van der Waals surface area (Å²) < 4.78 is 7.87. The molecule has 0 amide bonds. The number of phenolic OH excluding ortho intramolecular Hbond substituents is 1. The van der Waals surface area contributed by atoms with Crippen LogP contribution in [0.15, 0.2) is 18.2 Å². The number of phenols is 1. The molecule has 2 rings (SSSR count). The van der Waals surface area contributed by atoms with E-state index in [1.807, 2.05) is 6.92 Å². The number of nitrogens with zero attached hydrogens (tertiary/aromatic N) is 2. The van der Waals surface area contributed by atoms with Gasteiger partial charge in [-0.2, -0.15) is 0 Å². The van der Waals surface area contributed by atoms with Crippen molar-refractivity contribution in [2.75, 3.05) is 7.11 Å². The molecule has 1 aromatic carbocycles. The van der Waals surface area contributed by atoms with E-state index in [0.717, 1.165) is 10.4 Å². The Morgan fingerprint density at radius 1 is 1.39 bits per heavy atom. The number of aliphatic carboxylic acids is 1. The number of methoxy groups -OCH3 is 1. The Morgan fingerprint density at radius 2 is 2.04 bits per heavy atom. The zero-order valence-electron chi connectivity index (χ0n) is 13.6. The van der Waals surface area contributed by atoms with Gasteiger partial charge in [0.15, 0.2) is 17.2 Å². The summed E-state index contributed by atoms with van der Waals surface area (Å²) in [7, 11) is 3.20. The summed E-state index contributed by atoms with van der Waals surface area (Å²) in [6, 6.07) is 4.66. The number of hydrogen-bond acceptors (Lipinski definition) is 4. The molecule has 7 heteroatoms. The Kier molecular flexibility index (Phi) is 4.49. The first-order valence-electron chi connectivity index (χ1n) is 7.13. The van der Waals surface area contributed by atoms with Crippen LogP contribution in [-0.2, 0) is 11.8 Å². The lowest BCUT2D eigenvalue weighted by Gasteiger charge is -2.14.